The topological polar surface area (TPSA) is 28.7 Å². The van der Waals surface area contributed by atoms with Crippen molar-refractivity contribution < 1.29 is 13.2 Å². The maximum atomic E-state index is 12.4. The maximum absolute atomic E-state index is 12.4. The molecule has 0 spiro atoms. The van der Waals surface area contributed by atoms with Crippen molar-refractivity contribution in [2.24, 2.45) is 0 Å². The first kappa shape index (κ1) is 11.7. The number of benzene rings is 1. The highest BCUT2D eigenvalue weighted by molar-refractivity contribution is 5.58. The van der Waals surface area contributed by atoms with E-state index in [2.05, 4.69) is 16.2 Å². The Balaban J connectivity index is 2.29. The Bertz CT molecular complexity index is 497. The normalized spacial score (nSPS) is 11.8. The van der Waals surface area contributed by atoms with Gasteiger partial charge in [-0.3, -0.25) is 0 Å². The lowest BCUT2D eigenvalue weighted by molar-refractivity contribution is -0.137. The molecule has 1 heterocycles. The summed E-state index contributed by atoms with van der Waals surface area (Å²) in [6.45, 7) is 1.93. The van der Waals surface area contributed by atoms with Crippen LogP contribution in [0.2, 0.25) is 0 Å². The predicted octanol–water partition coefficient (Wildman–Crippen LogP) is 3.46. The summed E-state index contributed by atoms with van der Waals surface area (Å²) in [5, 5.41) is 0. The highest BCUT2D eigenvalue weighted by Crippen LogP contribution is 2.30. The summed E-state index contributed by atoms with van der Waals surface area (Å²) in [6, 6.07) is 4.89. The van der Waals surface area contributed by atoms with Crippen LogP contribution in [-0.2, 0) is 12.6 Å². The molecule has 0 aliphatic heterocycles. The zero-order chi connectivity index (χ0) is 12.5. The molecule has 0 aliphatic rings. The molecular formula is C12H10F3N2. The fourth-order valence-corrected chi connectivity index (χ4v) is 1.44. The number of halogens is 3. The highest BCUT2D eigenvalue weighted by atomic mass is 19.4. The highest BCUT2D eigenvalue weighted by Gasteiger charge is 2.30. The monoisotopic (exact) mass is 239 g/mol. The van der Waals surface area contributed by atoms with Crippen molar-refractivity contribution in [1.29, 1.82) is 0 Å². The number of aromatic nitrogens is 2. The maximum Gasteiger partial charge on any atom is 0.416 e. The van der Waals surface area contributed by atoms with Crippen LogP contribution in [0.4, 0.5) is 13.2 Å². The van der Waals surface area contributed by atoms with Gasteiger partial charge in [0, 0.05) is 12.0 Å². The van der Waals surface area contributed by atoms with Crippen LogP contribution in [0.15, 0.2) is 24.3 Å². The van der Waals surface area contributed by atoms with E-state index in [4.69, 9.17) is 0 Å². The van der Waals surface area contributed by atoms with E-state index < -0.39 is 11.7 Å². The smallest absolute Gasteiger partial charge is 0.340 e. The summed E-state index contributed by atoms with van der Waals surface area (Å²) in [6.07, 6.45) is -0.756. The first-order valence-corrected chi connectivity index (χ1v) is 5.15. The van der Waals surface area contributed by atoms with Crippen molar-refractivity contribution in [1.82, 2.24) is 9.97 Å². The molecule has 2 rings (SSSR count). The lowest BCUT2D eigenvalue weighted by atomic mass is 10.1. The van der Waals surface area contributed by atoms with Gasteiger partial charge in [0.25, 0.3) is 0 Å². The quantitative estimate of drug-likeness (QED) is 0.854. The molecule has 1 aromatic carbocycles. The number of nitrogens with one attached hydrogen (secondary N) is 1. The molecule has 0 saturated carbocycles. The van der Waals surface area contributed by atoms with Crippen LogP contribution in [0, 0.1) is 6.20 Å². The minimum atomic E-state index is -4.30. The second kappa shape index (κ2) is 4.24. The lowest BCUT2D eigenvalue weighted by Crippen LogP contribution is -2.03. The van der Waals surface area contributed by atoms with E-state index in [9.17, 15) is 13.2 Å². The molecule has 17 heavy (non-hydrogen) atoms. The summed E-state index contributed by atoms with van der Waals surface area (Å²) >= 11 is 0. The van der Waals surface area contributed by atoms with Crippen molar-refractivity contribution in [3.05, 3.63) is 41.9 Å². The van der Waals surface area contributed by atoms with Gasteiger partial charge in [-0.05, 0) is 12.1 Å². The molecule has 1 aromatic heterocycles. The van der Waals surface area contributed by atoms with Gasteiger partial charge in [0.15, 0.2) is 0 Å². The summed E-state index contributed by atoms with van der Waals surface area (Å²) in [5.41, 5.74) is 0.497. The molecule has 0 fully saturated rings. The van der Waals surface area contributed by atoms with Gasteiger partial charge in [0.2, 0.25) is 0 Å². The van der Waals surface area contributed by atoms with Gasteiger partial charge in [-0.25, -0.2) is 4.98 Å². The number of rotatable bonds is 2. The SMILES string of the molecule is CCc1nc(-c2ccc(C(F)(F)F)cc2)[c][nH]1. The second-order valence-electron chi connectivity index (χ2n) is 3.59. The molecule has 1 radical (unpaired) electrons. The van der Waals surface area contributed by atoms with Gasteiger partial charge in [0.05, 0.1) is 17.5 Å². The van der Waals surface area contributed by atoms with Crippen LogP contribution in [-0.4, -0.2) is 9.97 Å². The summed E-state index contributed by atoms with van der Waals surface area (Å²) in [7, 11) is 0. The molecular weight excluding hydrogens is 229 g/mol. The number of hydrogen-bond acceptors (Lipinski definition) is 1. The van der Waals surface area contributed by atoms with Gasteiger partial charge in [-0.15, -0.1) is 0 Å². The fraction of sp³-hybridized carbons (Fsp3) is 0.250. The molecule has 0 amide bonds. The van der Waals surface area contributed by atoms with Crippen molar-refractivity contribution in [2.45, 2.75) is 19.5 Å². The zero-order valence-corrected chi connectivity index (χ0v) is 9.10. The van der Waals surface area contributed by atoms with Gasteiger partial charge >= 0.3 is 6.18 Å². The van der Waals surface area contributed by atoms with E-state index in [1.54, 1.807) is 0 Å². The minimum absolute atomic E-state index is 0.538. The number of imidazole rings is 1. The van der Waals surface area contributed by atoms with E-state index in [0.29, 0.717) is 11.3 Å². The standard InChI is InChI=1S/C12H10F3N2/c1-2-11-16-7-10(17-11)8-3-5-9(6-4-8)12(13,14)15/h3-6H,2H2,1H3,(H,16,17). The average Bonchev–Trinajstić information content (AvgIpc) is 2.76. The Morgan fingerprint density at radius 3 is 2.35 bits per heavy atom. The summed E-state index contributed by atoms with van der Waals surface area (Å²) < 4.78 is 37.1. The van der Waals surface area contributed by atoms with Crippen molar-refractivity contribution in [2.75, 3.05) is 0 Å². The molecule has 0 bridgehead atoms. The average molecular weight is 239 g/mol. The van der Waals surface area contributed by atoms with Gasteiger partial charge in [-0.1, -0.05) is 19.1 Å². The third-order valence-corrected chi connectivity index (χ3v) is 2.39. The number of hydrogen-bond donors (Lipinski definition) is 1. The van der Waals surface area contributed by atoms with Crippen molar-refractivity contribution >= 4 is 0 Å². The number of aromatic amines is 1. The van der Waals surface area contributed by atoms with Gasteiger partial charge < -0.3 is 4.98 Å². The molecule has 5 heteroatoms. The van der Waals surface area contributed by atoms with Crippen LogP contribution >= 0.6 is 0 Å². The first-order chi connectivity index (χ1) is 8.00. The second-order valence-corrected chi connectivity index (χ2v) is 3.59. The van der Waals surface area contributed by atoms with Crippen LogP contribution in [0.25, 0.3) is 11.3 Å². The zero-order valence-electron chi connectivity index (χ0n) is 9.10. The molecule has 0 saturated heterocycles. The van der Waals surface area contributed by atoms with Crippen LogP contribution in [0.3, 0.4) is 0 Å². The fourth-order valence-electron chi connectivity index (χ4n) is 1.44. The van der Waals surface area contributed by atoms with E-state index in [-0.39, 0.29) is 0 Å². The Kier molecular flexibility index (Phi) is 2.92. The Morgan fingerprint density at radius 2 is 1.88 bits per heavy atom. The Hall–Kier alpha value is -1.78. The molecule has 0 atom stereocenters. The first-order valence-electron chi connectivity index (χ1n) is 5.15. The molecule has 0 unspecified atom stereocenters. The van der Waals surface area contributed by atoms with E-state index in [1.807, 2.05) is 6.92 Å². The van der Waals surface area contributed by atoms with Crippen LogP contribution in [0.5, 0.6) is 0 Å². The number of alkyl halides is 3. The molecule has 0 aliphatic carbocycles. The van der Waals surface area contributed by atoms with Crippen LogP contribution < -0.4 is 0 Å². The van der Waals surface area contributed by atoms with Gasteiger partial charge in [0.1, 0.15) is 5.82 Å². The molecule has 1 N–H and O–H groups in total. The molecule has 89 valence electrons. The van der Waals surface area contributed by atoms with Crippen molar-refractivity contribution in [3.63, 3.8) is 0 Å². The summed E-state index contributed by atoms with van der Waals surface area (Å²) in [4.78, 5) is 7.04. The predicted molar refractivity (Wildman–Crippen MR) is 57.2 cm³/mol. The summed E-state index contributed by atoms with van der Waals surface area (Å²) in [5.74, 6) is 0.764. The number of aryl methyl sites for hydroxylation is 1. The third-order valence-electron chi connectivity index (χ3n) is 2.39. The number of nitrogens with zero attached hydrogens (tertiary/aromatic N) is 1. The molecule has 2 aromatic rings. The van der Waals surface area contributed by atoms with E-state index in [1.165, 1.54) is 12.1 Å². The minimum Gasteiger partial charge on any atom is -0.340 e. The lowest BCUT2D eigenvalue weighted by Gasteiger charge is -2.06. The van der Waals surface area contributed by atoms with Crippen molar-refractivity contribution in [3.8, 4) is 11.3 Å². The number of H-pyrrole nitrogens is 1. The van der Waals surface area contributed by atoms with E-state index in [0.717, 1.165) is 24.4 Å². The Labute approximate surface area is 96.5 Å². The van der Waals surface area contributed by atoms with Gasteiger partial charge in [-0.2, -0.15) is 13.2 Å². The largest absolute Gasteiger partial charge is 0.416 e. The van der Waals surface area contributed by atoms with Crippen LogP contribution in [0.1, 0.15) is 18.3 Å². The van der Waals surface area contributed by atoms with E-state index >= 15 is 0 Å². The molecule has 2 nitrogen and oxygen atoms in total. The Morgan fingerprint density at radius 1 is 1.24 bits per heavy atom. The third kappa shape index (κ3) is 2.49.